The lowest BCUT2D eigenvalue weighted by molar-refractivity contribution is -0.274. The fraction of sp³-hybridized carbons (Fsp3) is 0.500. The van der Waals surface area contributed by atoms with E-state index < -0.39 is 18.6 Å². The minimum Gasteiger partial charge on any atom is -0.406 e. The first-order valence-corrected chi connectivity index (χ1v) is 5.77. The molecule has 4 nitrogen and oxygen atoms in total. The summed E-state index contributed by atoms with van der Waals surface area (Å²) >= 11 is 0. The summed E-state index contributed by atoms with van der Waals surface area (Å²) in [6.07, 6.45) is -6.23. The maximum absolute atomic E-state index is 12.0. The molecule has 1 saturated heterocycles. The van der Waals surface area contributed by atoms with E-state index in [0.717, 1.165) is 5.56 Å². The Hall–Kier alpha value is -1.31. The van der Waals surface area contributed by atoms with E-state index in [4.69, 9.17) is 0 Å². The second-order valence-electron chi connectivity index (χ2n) is 4.52. The van der Waals surface area contributed by atoms with E-state index in [2.05, 4.69) is 4.74 Å². The molecule has 1 aliphatic heterocycles. The minimum atomic E-state index is -4.69. The molecule has 0 bridgehead atoms. The van der Waals surface area contributed by atoms with Gasteiger partial charge in [0.05, 0.1) is 12.2 Å². The smallest absolute Gasteiger partial charge is 0.406 e. The highest BCUT2D eigenvalue weighted by Crippen LogP contribution is 2.23. The Labute approximate surface area is 108 Å². The van der Waals surface area contributed by atoms with Crippen molar-refractivity contribution in [3.63, 3.8) is 0 Å². The number of ether oxygens (including phenoxy) is 1. The molecule has 0 radical (unpaired) electrons. The monoisotopic (exact) mass is 277 g/mol. The van der Waals surface area contributed by atoms with Gasteiger partial charge in [-0.05, 0) is 17.7 Å². The predicted molar refractivity (Wildman–Crippen MR) is 60.4 cm³/mol. The fourth-order valence-corrected chi connectivity index (χ4v) is 2.03. The molecule has 2 atom stereocenters. The van der Waals surface area contributed by atoms with Crippen molar-refractivity contribution in [3.05, 3.63) is 29.8 Å². The summed E-state index contributed by atoms with van der Waals surface area (Å²) in [7, 11) is 0. The number of alkyl halides is 3. The lowest BCUT2D eigenvalue weighted by Gasteiger charge is -2.15. The number of rotatable bonds is 3. The highest BCUT2D eigenvalue weighted by molar-refractivity contribution is 5.27. The second-order valence-corrected chi connectivity index (χ2v) is 4.52. The molecule has 0 spiro atoms. The van der Waals surface area contributed by atoms with Gasteiger partial charge in [0.15, 0.2) is 0 Å². The number of halogens is 3. The topological polar surface area (TPSA) is 52.9 Å². The molecule has 1 aromatic carbocycles. The standard InChI is InChI=1S/C12H14F3NO3/c13-12(14,15)19-9-3-1-8(2-4-9)5-16-6-10(17)11(18)7-16/h1-4,10-11,17-18H,5-7H2. The number of aliphatic hydroxyl groups excluding tert-OH is 2. The normalized spacial score (nSPS) is 24.7. The number of β-amino-alcohol motifs (C(OH)–C–C–N with tert-alkyl or cyclic N) is 2. The van der Waals surface area contributed by atoms with Gasteiger partial charge in [-0.25, -0.2) is 0 Å². The van der Waals surface area contributed by atoms with Crippen LogP contribution in [-0.4, -0.2) is 46.8 Å². The van der Waals surface area contributed by atoms with E-state index in [1.165, 1.54) is 24.3 Å². The van der Waals surface area contributed by atoms with Crippen LogP contribution in [0, 0.1) is 0 Å². The maximum Gasteiger partial charge on any atom is 0.573 e. The predicted octanol–water partition coefficient (Wildman–Crippen LogP) is 1.12. The number of likely N-dealkylation sites (tertiary alicyclic amines) is 1. The summed E-state index contributed by atoms with van der Waals surface area (Å²) in [5.74, 6) is -0.266. The number of nitrogens with zero attached hydrogens (tertiary/aromatic N) is 1. The second kappa shape index (κ2) is 5.36. The van der Waals surface area contributed by atoms with Crippen LogP contribution >= 0.6 is 0 Å². The molecule has 2 unspecified atom stereocenters. The zero-order valence-electron chi connectivity index (χ0n) is 9.97. The van der Waals surface area contributed by atoms with E-state index in [-0.39, 0.29) is 5.75 Å². The van der Waals surface area contributed by atoms with Crippen molar-refractivity contribution in [1.82, 2.24) is 4.90 Å². The molecule has 1 fully saturated rings. The van der Waals surface area contributed by atoms with E-state index in [9.17, 15) is 23.4 Å². The third-order valence-corrected chi connectivity index (χ3v) is 2.90. The highest BCUT2D eigenvalue weighted by Gasteiger charge is 2.31. The molecule has 0 amide bonds. The van der Waals surface area contributed by atoms with Crippen LogP contribution < -0.4 is 4.74 Å². The van der Waals surface area contributed by atoms with Gasteiger partial charge in [-0.2, -0.15) is 0 Å². The zero-order valence-corrected chi connectivity index (χ0v) is 9.97. The first-order chi connectivity index (χ1) is 8.83. The third kappa shape index (κ3) is 4.09. The number of aliphatic hydroxyl groups is 2. The first-order valence-electron chi connectivity index (χ1n) is 5.77. The number of hydrogen-bond donors (Lipinski definition) is 2. The van der Waals surface area contributed by atoms with Crippen molar-refractivity contribution in [2.45, 2.75) is 25.1 Å². The van der Waals surface area contributed by atoms with Gasteiger partial charge in [0, 0.05) is 19.6 Å². The zero-order chi connectivity index (χ0) is 14.0. The van der Waals surface area contributed by atoms with Crippen molar-refractivity contribution in [2.24, 2.45) is 0 Å². The molecule has 0 aliphatic carbocycles. The summed E-state index contributed by atoms with van der Waals surface area (Å²) in [6.45, 7) is 1.16. The Morgan fingerprint density at radius 3 is 2.11 bits per heavy atom. The molecule has 106 valence electrons. The largest absolute Gasteiger partial charge is 0.573 e. The Bertz CT molecular complexity index is 411. The van der Waals surface area contributed by atoms with Crippen molar-refractivity contribution in [1.29, 1.82) is 0 Å². The lowest BCUT2D eigenvalue weighted by atomic mass is 10.2. The molecule has 0 saturated carbocycles. The van der Waals surface area contributed by atoms with Crippen molar-refractivity contribution in [2.75, 3.05) is 13.1 Å². The van der Waals surface area contributed by atoms with Crippen LogP contribution in [0.2, 0.25) is 0 Å². The van der Waals surface area contributed by atoms with E-state index in [0.29, 0.717) is 19.6 Å². The van der Waals surface area contributed by atoms with Gasteiger partial charge in [0.2, 0.25) is 0 Å². The van der Waals surface area contributed by atoms with Gasteiger partial charge in [-0.15, -0.1) is 13.2 Å². The molecule has 2 rings (SSSR count). The quantitative estimate of drug-likeness (QED) is 0.869. The van der Waals surface area contributed by atoms with Crippen LogP contribution in [0.25, 0.3) is 0 Å². The van der Waals surface area contributed by atoms with Gasteiger partial charge in [0.25, 0.3) is 0 Å². The summed E-state index contributed by atoms with van der Waals surface area (Å²) in [4.78, 5) is 1.83. The van der Waals surface area contributed by atoms with Gasteiger partial charge in [-0.1, -0.05) is 12.1 Å². The Kier molecular flexibility index (Phi) is 3.98. The van der Waals surface area contributed by atoms with Crippen LogP contribution in [0.5, 0.6) is 5.75 Å². The molecular weight excluding hydrogens is 263 g/mol. The molecular formula is C12H14F3NO3. The summed E-state index contributed by atoms with van der Waals surface area (Å²) < 4.78 is 39.7. The average Bonchev–Trinajstić information content (AvgIpc) is 2.59. The van der Waals surface area contributed by atoms with Gasteiger partial charge in [-0.3, -0.25) is 4.90 Å². The van der Waals surface area contributed by atoms with Crippen LogP contribution in [-0.2, 0) is 6.54 Å². The van der Waals surface area contributed by atoms with Gasteiger partial charge in [0.1, 0.15) is 5.75 Å². The molecule has 0 aromatic heterocycles. The van der Waals surface area contributed by atoms with E-state index >= 15 is 0 Å². The molecule has 19 heavy (non-hydrogen) atoms. The van der Waals surface area contributed by atoms with Crippen LogP contribution in [0.4, 0.5) is 13.2 Å². The SMILES string of the molecule is OC1CN(Cc2ccc(OC(F)(F)F)cc2)CC1O. The number of benzene rings is 1. The molecule has 1 aromatic rings. The molecule has 1 heterocycles. The van der Waals surface area contributed by atoms with Crippen molar-refractivity contribution in [3.8, 4) is 5.75 Å². The Morgan fingerprint density at radius 2 is 1.63 bits per heavy atom. The van der Waals surface area contributed by atoms with Crippen LogP contribution in [0.3, 0.4) is 0 Å². The van der Waals surface area contributed by atoms with E-state index in [1.807, 2.05) is 4.90 Å². The lowest BCUT2D eigenvalue weighted by Crippen LogP contribution is -2.22. The highest BCUT2D eigenvalue weighted by atomic mass is 19.4. The van der Waals surface area contributed by atoms with Crippen molar-refractivity contribution >= 4 is 0 Å². The van der Waals surface area contributed by atoms with Crippen LogP contribution in [0.1, 0.15) is 5.56 Å². The average molecular weight is 277 g/mol. The Balaban J connectivity index is 1.92. The summed E-state index contributed by atoms with van der Waals surface area (Å²) in [5.41, 5.74) is 0.788. The molecule has 2 N–H and O–H groups in total. The van der Waals surface area contributed by atoms with Crippen LogP contribution in [0.15, 0.2) is 24.3 Å². The fourth-order valence-electron chi connectivity index (χ4n) is 2.03. The Morgan fingerprint density at radius 1 is 1.11 bits per heavy atom. The third-order valence-electron chi connectivity index (χ3n) is 2.90. The minimum absolute atomic E-state index is 0.266. The first kappa shape index (κ1) is 14.1. The van der Waals surface area contributed by atoms with E-state index in [1.54, 1.807) is 0 Å². The summed E-state index contributed by atoms with van der Waals surface area (Å²) in [6, 6.07) is 5.54. The van der Waals surface area contributed by atoms with Gasteiger partial charge >= 0.3 is 6.36 Å². The molecule has 1 aliphatic rings. The van der Waals surface area contributed by atoms with Crippen molar-refractivity contribution < 1.29 is 28.1 Å². The van der Waals surface area contributed by atoms with Gasteiger partial charge < -0.3 is 14.9 Å². The maximum atomic E-state index is 12.0. The number of hydrogen-bond acceptors (Lipinski definition) is 4. The molecule has 7 heteroatoms. The summed E-state index contributed by atoms with van der Waals surface area (Å²) in [5, 5.41) is 18.8.